The van der Waals surface area contributed by atoms with E-state index in [1.54, 1.807) is 0 Å². The molecular formula is C16H19N3O2. The largest absolute Gasteiger partial charge is 0.485 e. The lowest BCUT2D eigenvalue weighted by Crippen LogP contribution is -2.23. The minimum Gasteiger partial charge on any atom is -0.485 e. The van der Waals surface area contributed by atoms with Gasteiger partial charge in [-0.15, -0.1) is 0 Å². The van der Waals surface area contributed by atoms with Gasteiger partial charge in [-0.05, 0) is 25.1 Å². The maximum Gasteiger partial charge on any atom is 0.192 e. The topological polar surface area (TPSA) is 56.3 Å². The molecule has 0 spiro atoms. The Morgan fingerprint density at radius 3 is 2.71 bits per heavy atom. The van der Waals surface area contributed by atoms with Crippen molar-refractivity contribution in [1.82, 2.24) is 15.3 Å². The molecule has 5 nitrogen and oxygen atoms in total. The number of ether oxygens (including phenoxy) is 2. The van der Waals surface area contributed by atoms with E-state index in [4.69, 9.17) is 9.47 Å². The molecule has 1 unspecified atom stereocenters. The second-order valence-corrected chi connectivity index (χ2v) is 4.99. The monoisotopic (exact) mass is 285 g/mol. The van der Waals surface area contributed by atoms with Crippen LogP contribution >= 0.6 is 0 Å². The number of nitrogens with zero attached hydrogens (tertiary/aromatic N) is 2. The predicted octanol–water partition coefficient (Wildman–Crippen LogP) is 2.49. The van der Waals surface area contributed by atoms with Gasteiger partial charge in [0.2, 0.25) is 0 Å². The molecule has 5 heteroatoms. The van der Waals surface area contributed by atoms with E-state index in [9.17, 15) is 0 Å². The van der Waals surface area contributed by atoms with Crippen LogP contribution in [0.25, 0.3) is 0 Å². The summed E-state index contributed by atoms with van der Waals surface area (Å²) in [5.41, 5.74) is 1.07. The molecule has 0 bridgehead atoms. The Morgan fingerprint density at radius 2 is 1.95 bits per heavy atom. The van der Waals surface area contributed by atoms with E-state index in [-0.39, 0.29) is 6.10 Å². The van der Waals surface area contributed by atoms with Gasteiger partial charge >= 0.3 is 0 Å². The summed E-state index contributed by atoms with van der Waals surface area (Å²) < 4.78 is 11.6. The molecule has 0 saturated carbocycles. The van der Waals surface area contributed by atoms with Gasteiger partial charge in [-0.25, -0.2) is 9.97 Å². The molecule has 0 radical (unpaired) electrons. The van der Waals surface area contributed by atoms with Gasteiger partial charge in [0.15, 0.2) is 23.4 Å². The van der Waals surface area contributed by atoms with E-state index in [0.29, 0.717) is 12.4 Å². The Balaban J connectivity index is 1.65. The maximum atomic E-state index is 5.89. The van der Waals surface area contributed by atoms with Gasteiger partial charge < -0.3 is 14.8 Å². The molecule has 0 fully saturated rings. The van der Waals surface area contributed by atoms with Crippen LogP contribution in [-0.2, 0) is 6.54 Å². The third-order valence-electron chi connectivity index (χ3n) is 3.28. The van der Waals surface area contributed by atoms with Gasteiger partial charge in [-0.2, -0.15) is 0 Å². The molecule has 1 N–H and O–H groups in total. The zero-order valence-electron chi connectivity index (χ0n) is 12.1. The summed E-state index contributed by atoms with van der Waals surface area (Å²) in [4.78, 5) is 8.80. The van der Waals surface area contributed by atoms with E-state index in [2.05, 4.69) is 22.2 Å². The van der Waals surface area contributed by atoms with Crippen molar-refractivity contribution in [3.8, 4) is 11.5 Å². The standard InChI is InChI=1S/C16H19N3O2/c1-2-7-17-8-12-9-18-16(19-10-12)15-11-20-13-5-3-4-6-14(13)21-15/h3-6,9-10,15,17H,2,7-8,11H2,1H3. The van der Waals surface area contributed by atoms with E-state index in [1.165, 1.54) is 0 Å². The number of aromatic nitrogens is 2. The molecule has 1 aliphatic rings. The normalized spacial score (nSPS) is 16.7. The highest BCUT2D eigenvalue weighted by atomic mass is 16.6. The highest BCUT2D eigenvalue weighted by Crippen LogP contribution is 2.34. The summed E-state index contributed by atoms with van der Waals surface area (Å²) >= 11 is 0. The fraction of sp³-hybridized carbons (Fsp3) is 0.375. The van der Waals surface area contributed by atoms with Crippen molar-refractivity contribution >= 4 is 0 Å². The molecule has 1 aromatic carbocycles. The van der Waals surface area contributed by atoms with Crippen LogP contribution in [-0.4, -0.2) is 23.1 Å². The second-order valence-electron chi connectivity index (χ2n) is 4.99. The van der Waals surface area contributed by atoms with Crippen LogP contribution in [0.15, 0.2) is 36.7 Å². The SMILES string of the molecule is CCCNCc1cnc(C2COc3ccccc3O2)nc1. The predicted molar refractivity (Wildman–Crippen MR) is 79.3 cm³/mol. The van der Waals surface area contributed by atoms with Crippen molar-refractivity contribution in [2.75, 3.05) is 13.2 Å². The van der Waals surface area contributed by atoms with E-state index >= 15 is 0 Å². The summed E-state index contributed by atoms with van der Waals surface area (Å²) in [7, 11) is 0. The van der Waals surface area contributed by atoms with Gasteiger partial charge in [0.1, 0.15) is 6.61 Å². The molecular weight excluding hydrogens is 266 g/mol. The van der Waals surface area contributed by atoms with Crippen molar-refractivity contribution in [2.45, 2.75) is 26.0 Å². The molecule has 2 heterocycles. The average Bonchev–Trinajstić information content (AvgIpc) is 2.55. The van der Waals surface area contributed by atoms with Crippen LogP contribution in [0.5, 0.6) is 11.5 Å². The zero-order valence-corrected chi connectivity index (χ0v) is 12.1. The first kappa shape index (κ1) is 13.8. The lowest BCUT2D eigenvalue weighted by atomic mass is 10.2. The van der Waals surface area contributed by atoms with Crippen molar-refractivity contribution in [3.05, 3.63) is 48.0 Å². The van der Waals surface area contributed by atoms with E-state index in [0.717, 1.165) is 36.6 Å². The maximum absolute atomic E-state index is 5.89. The van der Waals surface area contributed by atoms with E-state index < -0.39 is 0 Å². The van der Waals surface area contributed by atoms with Crippen molar-refractivity contribution in [2.24, 2.45) is 0 Å². The Morgan fingerprint density at radius 1 is 1.19 bits per heavy atom. The van der Waals surface area contributed by atoms with Crippen molar-refractivity contribution in [1.29, 1.82) is 0 Å². The Bertz CT molecular complexity index is 586. The van der Waals surface area contributed by atoms with Gasteiger partial charge in [0.25, 0.3) is 0 Å². The van der Waals surface area contributed by atoms with Gasteiger partial charge in [-0.3, -0.25) is 0 Å². The number of rotatable bonds is 5. The Hall–Kier alpha value is -2.14. The highest BCUT2D eigenvalue weighted by molar-refractivity contribution is 5.40. The molecule has 1 atom stereocenters. The smallest absolute Gasteiger partial charge is 0.192 e. The molecule has 1 aromatic heterocycles. The fourth-order valence-corrected chi connectivity index (χ4v) is 2.18. The Kier molecular flexibility index (Phi) is 4.31. The number of fused-ring (bicyclic) bond motifs is 1. The van der Waals surface area contributed by atoms with Crippen LogP contribution in [0.3, 0.4) is 0 Å². The number of nitrogens with one attached hydrogen (secondary N) is 1. The van der Waals surface area contributed by atoms with Crippen LogP contribution in [0.4, 0.5) is 0 Å². The summed E-state index contributed by atoms with van der Waals surface area (Å²) in [6, 6.07) is 7.64. The van der Waals surface area contributed by atoms with Crippen LogP contribution in [0, 0.1) is 0 Å². The minimum atomic E-state index is -0.252. The summed E-state index contributed by atoms with van der Waals surface area (Å²) in [6.45, 7) is 4.37. The van der Waals surface area contributed by atoms with Crippen LogP contribution < -0.4 is 14.8 Å². The van der Waals surface area contributed by atoms with E-state index in [1.807, 2.05) is 36.7 Å². The molecule has 1 aliphatic heterocycles. The Labute approximate surface area is 124 Å². The quantitative estimate of drug-likeness (QED) is 0.855. The van der Waals surface area contributed by atoms with Crippen LogP contribution in [0.1, 0.15) is 30.8 Å². The first-order valence-electron chi connectivity index (χ1n) is 7.27. The van der Waals surface area contributed by atoms with Crippen molar-refractivity contribution in [3.63, 3.8) is 0 Å². The molecule has 0 saturated heterocycles. The molecule has 3 rings (SSSR count). The first-order valence-corrected chi connectivity index (χ1v) is 7.27. The van der Waals surface area contributed by atoms with Crippen LogP contribution in [0.2, 0.25) is 0 Å². The molecule has 2 aromatic rings. The molecule has 0 aliphatic carbocycles. The summed E-state index contributed by atoms with van der Waals surface area (Å²) in [6.07, 6.45) is 4.55. The fourth-order valence-electron chi connectivity index (χ4n) is 2.18. The lowest BCUT2D eigenvalue weighted by molar-refractivity contribution is 0.0850. The summed E-state index contributed by atoms with van der Waals surface area (Å²) in [5, 5.41) is 3.33. The number of hydrogen-bond acceptors (Lipinski definition) is 5. The van der Waals surface area contributed by atoms with Gasteiger partial charge in [-0.1, -0.05) is 19.1 Å². The second kappa shape index (κ2) is 6.54. The highest BCUT2D eigenvalue weighted by Gasteiger charge is 2.24. The molecule has 21 heavy (non-hydrogen) atoms. The first-order chi connectivity index (χ1) is 10.4. The molecule has 110 valence electrons. The molecule has 0 amide bonds. The average molecular weight is 285 g/mol. The van der Waals surface area contributed by atoms with Gasteiger partial charge in [0, 0.05) is 24.5 Å². The van der Waals surface area contributed by atoms with Crippen molar-refractivity contribution < 1.29 is 9.47 Å². The third-order valence-corrected chi connectivity index (χ3v) is 3.28. The summed E-state index contributed by atoms with van der Waals surface area (Å²) in [5.74, 6) is 2.17. The number of hydrogen-bond donors (Lipinski definition) is 1. The lowest BCUT2D eigenvalue weighted by Gasteiger charge is -2.25. The van der Waals surface area contributed by atoms with Gasteiger partial charge in [0.05, 0.1) is 0 Å². The third kappa shape index (κ3) is 3.31. The number of benzene rings is 1. The number of para-hydroxylation sites is 2. The zero-order chi connectivity index (χ0) is 14.5. The minimum absolute atomic E-state index is 0.252.